The van der Waals surface area contributed by atoms with Crippen LogP contribution < -0.4 is 0 Å². The Bertz CT molecular complexity index is 858. The summed E-state index contributed by atoms with van der Waals surface area (Å²) in [5.41, 5.74) is 1.90. The van der Waals surface area contributed by atoms with Gasteiger partial charge in [-0.3, -0.25) is 14.7 Å². The second kappa shape index (κ2) is 7.41. The van der Waals surface area contributed by atoms with E-state index in [2.05, 4.69) is 16.8 Å². The van der Waals surface area contributed by atoms with Gasteiger partial charge in [0.05, 0.1) is 4.92 Å². The quantitative estimate of drug-likeness (QED) is 0.271. The van der Waals surface area contributed by atoms with E-state index in [9.17, 15) is 10.1 Å². The van der Waals surface area contributed by atoms with Crippen LogP contribution in [0.4, 0.5) is 5.00 Å². The fourth-order valence-electron chi connectivity index (χ4n) is 2.17. The summed E-state index contributed by atoms with van der Waals surface area (Å²) in [6.07, 6.45) is 1.80. The molecule has 24 heavy (non-hydrogen) atoms. The van der Waals surface area contributed by atoms with Crippen LogP contribution in [-0.2, 0) is 12.3 Å². The lowest BCUT2D eigenvalue weighted by Gasteiger charge is -2.07. The van der Waals surface area contributed by atoms with E-state index in [1.807, 2.05) is 34.9 Å². The maximum absolute atomic E-state index is 10.8. The van der Waals surface area contributed by atoms with Crippen LogP contribution in [0.1, 0.15) is 5.56 Å². The molecule has 0 bridgehead atoms. The number of nitro groups is 1. The van der Waals surface area contributed by atoms with E-state index in [4.69, 9.17) is 0 Å². The van der Waals surface area contributed by atoms with Crippen LogP contribution in [0, 0.1) is 10.1 Å². The van der Waals surface area contributed by atoms with E-state index < -0.39 is 0 Å². The van der Waals surface area contributed by atoms with Crippen molar-refractivity contribution in [1.29, 1.82) is 0 Å². The van der Waals surface area contributed by atoms with Crippen molar-refractivity contribution in [2.24, 2.45) is 0 Å². The molecule has 0 fully saturated rings. The molecule has 0 aliphatic rings. The molecule has 2 aromatic heterocycles. The predicted molar refractivity (Wildman–Crippen MR) is 96.2 cm³/mol. The largest absolute Gasteiger partial charge is 0.324 e. The summed E-state index contributed by atoms with van der Waals surface area (Å²) in [6, 6.07) is 11.4. The van der Waals surface area contributed by atoms with Crippen molar-refractivity contribution >= 4 is 28.1 Å². The molecule has 0 spiro atoms. The normalized spacial score (nSPS) is 10.7. The van der Waals surface area contributed by atoms with Crippen molar-refractivity contribution in [3.05, 3.63) is 70.1 Å². The van der Waals surface area contributed by atoms with Crippen molar-refractivity contribution < 1.29 is 4.92 Å². The summed E-state index contributed by atoms with van der Waals surface area (Å²) in [4.78, 5) is 10.4. The molecule has 0 aliphatic heterocycles. The van der Waals surface area contributed by atoms with Crippen LogP contribution in [0.5, 0.6) is 0 Å². The third-order valence-corrected chi connectivity index (χ3v) is 5.22. The van der Waals surface area contributed by atoms with Crippen LogP contribution in [0.2, 0.25) is 0 Å². The highest BCUT2D eigenvalue weighted by Crippen LogP contribution is 2.30. The first-order chi connectivity index (χ1) is 11.7. The zero-order valence-electron chi connectivity index (χ0n) is 12.7. The number of thiophene rings is 1. The Hall–Kier alpha value is -2.45. The number of hydrogen-bond donors (Lipinski definition) is 0. The SMILES string of the molecule is C=CCn1c(SCc2csc([N+](=O)[O-])c2)nnc1-c1ccccc1. The lowest BCUT2D eigenvalue weighted by Crippen LogP contribution is -2.00. The zero-order chi connectivity index (χ0) is 16.9. The molecule has 0 saturated heterocycles. The molecular weight excluding hydrogens is 344 g/mol. The Morgan fingerprint density at radius 3 is 2.79 bits per heavy atom. The van der Waals surface area contributed by atoms with Gasteiger partial charge >= 0.3 is 5.00 Å². The monoisotopic (exact) mass is 358 g/mol. The second-order valence-corrected chi connectivity index (χ2v) is 6.74. The van der Waals surface area contributed by atoms with Gasteiger partial charge < -0.3 is 0 Å². The van der Waals surface area contributed by atoms with Gasteiger partial charge in [0, 0.05) is 29.3 Å². The zero-order valence-corrected chi connectivity index (χ0v) is 14.3. The van der Waals surface area contributed by atoms with Crippen LogP contribution in [-0.4, -0.2) is 19.7 Å². The van der Waals surface area contributed by atoms with Crippen molar-refractivity contribution in [3.8, 4) is 11.4 Å². The van der Waals surface area contributed by atoms with Crippen LogP contribution in [0.3, 0.4) is 0 Å². The highest BCUT2D eigenvalue weighted by Gasteiger charge is 2.15. The molecule has 8 heteroatoms. The number of benzene rings is 1. The Morgan fingerprint density at radius 2 is 2.12 bits per heavy atom. The van der Waals surface area contributed by atoms with Crippen LogP contribution >= 0.6 is 23.1 Å². The molecule has 0 aliphatic carbocycles. The van der Waals surface area contributed by atoms with E-state index in [1.165, 1.54) is 11.8 Å². The summed E-state index contributed by atoms with van der Waals surface area (Å²) in [5, 5.41) is 22.0. The van der Waals surface area contributed by atoms with Crippen molar-refractivity contribution in [2.75, 3.05) is 0 Å². The summed E-state index contributed by atoms with van der Waals surface area (Å²) >= 11 is 2.64. The van der Waals surface area contributed by atoms with Gasteiger partial charge in [0.2, 0.25) is 0 Å². The first kappa shape index (κ1) is 16.4. The third-order valence-electron chi connectivity index (χ3n) is 3.25. The number of hydrogen-bond acceptors (Lipinski definition) is 6. The summed E-state index contributed by atoms with van der Waals surface area (Å²) in [5.74, 6) is 1.39. The first-order valence-corrected chi connectivity index (χ1v) is 8.99. The molecular formula is C16H14N4O2S2. The molecule has 0 saturated carbocycles. The smallest absolute Gasteiger partial charge is 0.298 e. The number of allylic oxidation sites excluding steroid dienone is 1. The van der Waals surface area contributed by atoms with E-state index >= 15 is 0 Å². The highest BCUT2D eigenvalue weighted by atomic mass is 32.2. The van der Waals surface area contributed by atoms with Gasteiger partial charge in [0.15, 0.2) is 11.0 Å². The lowest BCUT2D eigenvalue weighted by molar-refractivity contribution is -0.380. The van der Waals surface area contributed by atoms with E-state index in [0.717, 1.165) is 33.4 Å². The standard InChI is InChI=1S/C16H14N4O2S2/c1-2-8-19-15(13-6-4-3-5-7-13)17-18-16(19)24-11-12-9-14(20(21)22)23-10-12/h2-7,9-10H,1,8,11H2. The molecule has 122 valence electrons. The Balaban J connectivity index is 1.81. The molecule has 0 radical (unpaired) electrons. The van der Waals surface area contributed by atoms with Gasteiger partial charge in [0.25, 0.3) is 0 Å². The molecule has 0 amide bonds. The van der Waals surface area contributed by atoms with Gasteiger partial charge in [0.1, 0.15) is 0 Å². The lowest BCUT2D eigenvalue weighted by atomic mass is 10.2. The van der Waals surface area contributed by atoms with E-state index in [-0.39, 0.29) is 9.92 Å². The van der Waals surface area contributed by atoms with Gasteiger partial charge in [-0.1, -0.05) is 59.5 Å². The van der Waals surface area contributed by atoms with E-state index in [0.29, 0.717) is 12.3 Å². The van der Waals surface area contributed by atoms with E-state index in [1.54, 1.807) is 17.5 Å². The van der Waals surface area contributed by atoms with Crippen LogP contribution in [0.25, 0.3) is 11.4 Å². The molecule has 6 nitrogen and oxygen atoms in total. The highest BCUT2D eigenvalue weighted by molar-refractivity contribution is 7.98. The average molecular weight is 358 g/mol. The average Bonchev–Trinajstić information content (AvgIpc) is 3.21. The minimum atomic E-state index is -0.368. The number of nitrogens with zero attached hydrogens (tertiary/aromatic N) is 4. The number of aromatic nitrogens is 3. The Kier molecular flexibility index (Phi) is 5.07. The minimum absolute atomic E-state index is 0.156. The number of rotatable bonds is 7. The van der Waals surface area contributed by atoms with Gasteiger partial charge in [-0.2, -0.15) is 0 Å². The summed E-state index contributed by atoms with van der Waals surface area (Å²) in [6.45, 7) is 4.39. The molecule has 0 N–H and O–H groups in total. The topological polar surface area (TPSA) is 73.8 Å². The van der Waals surface area contributed by atoms with Gasteiger partial charge in [-0.25, -0.2) is 0 Å². The van der Waals surface area contributed by atoms with Crippen molar-refractivity contribution in [3.63, 3.8) is 0 Å². The van der Waals surface area contributed by atoms with Crippen molar-refractivity contribution in [2.45, 2.75) is 17.5 Å². The Morgan fingerprint density at radius 1 is 1.33 bits per heavy atom. The molecule has 0 atom stereocenters. The van der Waals surface area contributed by atoms with Gasteiger partial charge in [-0.15, -0.1) is 16.8 Å². The fraction of sp³-hybridized carbons (Fsp3) is 0.125. The maximum atomic E-state index is 10.8. The third kappa shape index (κ3) is 3.55. The first-order valence-electron chi connectivity index (χ1n) is 7.13. The van der Waals surface area contributed by atoms with Gasteiger partial charge in [-0.05, 0) is 5.56 Å². The molecule has 2 heterocycles. The molecule has 3 aromatic rings. The second-order valence-electron chi connectivity index (χ2n) is 4.91. The molecule has 3 rings (SSSR count). The fourth-order valence-corrected chi connectivity index (χ4v) is 3.88. The van der Waals surface area contributed by atoms with Crippen LogP contribution in [0.15, 0.2) is 59.6 Å². The molecule has 0 unspecified atom stereocenters. The Labute approximate surface area is 147 Å². The number of thioether (sulfide) groups is 1. The molecule has 1 aromatic carbocycles. The maximum Gasteiger partial charge on any atom is 0.324 e. The minimum Gasteiger partial charge on any atom is -0.298 e. The van der Waals surface area contributed by atoms with Crippen molar-refractivity contribution in [1.82, 2.24) is 14.8 Å². The predicted octanol–water partition coefficient (Wildman–Crippen LogP) is 4.39. The summed E-state index contributed by atoms with van der Waals surface area (Å²) < 4.78 is 1.99. The summed E-state index contributed by atoms with van der Waals surface area (Å²) in [7, 11) is 0.